The van der Waals surface area contributed by atoms with E-state index in [-0.39, 0.29) is 12.5 Å². The minimum absolute atomic E-state index is 0.144. The number of anilines is 1. The maximum absolute atomic E-state index is 12.8. The van der Waals surface area contributed by atoms with Crippen molar-refractivity contribution < 1.29 is 4.79 Å². The zero-order valence-corrected chi connectivity index (χ0v) is 17.2. The quantitative estimate of drug-likeness (QED) is 0.501. The van der Waals surface area contributed by atoms with E-state index in [1.807, 2.05) is 54.6 Å². The number of hydrogen-bond donors (Lipinski definition) is 1. The molecule has 150 valence electrons. The van der Waals surface area contributed by atoms with Crippen LogP contribution in [0, 0.1) is 0 Å². The molecule has 0 aliphatic heterocycles. The number of benzene rings is 3. The third kappa shape index (κ3) is 4.11. The number of fused-ring (bicyclic) bond motifs is 1. The van der Waals surface area contributed by atoms with Crippen LogP contribution >= 0.6 is 11.6 Å². The van der Waals surface area contributed by atoms with E-state index in [1.54, 1.807) is 18.2 Å². The molecule has 4 aromatic rings. The maximum Gasteiger partial charge on any atom is 0.349 e. The summed E-state index contributed by atoms with van der Waals surface area (Å²) in [6, 6.07) is 22.3. The van der Waals surface area contributed by atoms with Crippen molar-refractivity contribution in [2.45, 2.75) is 19.9 Å². The lowest BCUT2D eigenvalue weighted by molar-refractivity contribution is -0.116. The van der Waals surface area contributed by atoms with E-state index in [0.717, 1.165) is 12.0 Å². The van der Waals surface area contributed by atoms with Gasteiger partial charge in [-0.05, 0) is 42.3 Å². The van der Waals surface area contributed by atoms with E-state index in [1.165, 1.54) is 10.1 Å². The minimum Gasteiger partial charge on any atom is -0.325 e. The fourth-order valence-corrected chi connectivity index (χ4v) is 3.56. The average molecular weight is 418 g/mol. The largest absolute Gasteiger partial charge is 0.349 e. The molecular formula is C24H20ClN3O2. The Morgan fingerprint density at radius 3 is 2.47 bits per heavy atom. The average Bonchev–Trinajstić information content (AvgIpc) is 2.76. The van der Waals surface area contributed by atoms with Crippen molar-refractivity contribution in [3.8, 4) is 11.3 Å². The predicted octanol–water partition coefficient (Wildman–Crippen LogP) is 4.92. The predicted molar refractivity (Wildman–Crippen MR) is 121 cm³/mol. The Kier molecular flexibility index (Phi) is 5.63. The van der Waals surface area contributed by atoms with Gasteiger partial charge in [-0.2, -0.15) is 4.98 Å². The van der Waals surface area contributed by atoms with Crippen molar-refractivity contribution in [3.05, 3.63) is 93.9 Å². The van der Waals surface area contributed by atoms with Crippen LogP contribution in [0.4, 0.5) is 5.69 Å². The Morgan fingerprint density at radius 1 is 1.03 bits per heavy atom. The van der Waals surface area contributed by atoms with Crippen molar-refractivity contribution >= 4 is 34.1 Å². The first-order valence-electron chi connectivity index (χ1n) is 9.69. The Labute approximate surface area is 179 Å². The van der Waals surface area contributed by atoms with Crippen LogP contribution < -0.4 is 11.0 Å². The molecule has 5 nitrogen and oxygen atoms in total. The Bertz CT molecular complexity index is 1270. The van der Waals surface area contributed by atoms with Crippen molar-refractivity contribution in [1.82, 2.24) is 9.55 Å². The summed E-state index contributed by atoms with van der Waals surface area (Å²) >= 11 is 6.21. The van der Waals surface area contributed by atoms with Crippen molar-refractivity contribution in [2.75, 3.05) is 5.32 Å². The number of hydrogen-bond acceptors (Lipinski definition) is 3. The molecule has 1 heterocycles. The molecule has 1 N–H and O–H groups in total. The highest BCUT2D eigenvalue weighted by Crippen LogP contribution is 2.27. The van der Waals surface area contributed by atoms with Crippen LogP contribution in [0.25, 0.3) is 22.2 Å². The van der Waals surface area contributed by atoms with Crippen molar-refractivity contribution in [3.63, 3.8) is 0 Å². The zero-order valence-electron chi connectivity index (χ0n) is 16.4. The third-order valence-electron chi connectivity index (χ3n) is 4.94. The van der Waals surface area contributed by atoms with Crippen LogP contribution in [0.1, 0.15) is 12.5 Å². The first-order valence-corrected chi connectivity index (χ1v) is 10.1. The van der Waals surface area contributed by atoms with Crippen LogP contribution in [0.15, 0.2) is 77.6 Å². The molecule has 0 fully saturated rings. The van der Waals surface area contributed by atoms with Gasteiger partial charge in [0.2, 0.25) is 5.91 Å². The topological polar surface area (TPSA) is 64.0 Å². The minimum atomic E-state index is -0.486. The summed E-state index contributed by atoms with van der Waals surface area (Å²) in [5.41, 5.74) is 3.36. The summed E-state index contributed by atoms with van der Waals surface area (Å²) in [5, 5.41) is 4.09. The molecule has 0 saturated carbocycles. The number of halogens is 1. The van der Waals surface area contributed by atoms with Gasteiger partial charge in [0.25, 0.3) is 0 Å². The summed E-state index contributed by atoms with van der Waals surface area (Å²) in [5.74, 6) is -0.299. The van der Waals surface area contributed by atoms with Gasteiger partial charge in [0.05, 0.1) is 11.2 Å². The molecule has 0 spiro atoms. The molecule has 0 aliphatic rings. The third-order valence-corrected chi connectivity index (χ3v) is 5.17. The van der Waals surface area contributed by atoms with Gasteiger partial charge in [0.15, 0.2) is 0 Å². The molecule has 0 atom stereocenters. The van der Waals surface area contributed by atoms with Crippen LogP contribution in [0.2, 0.25) is 5.02 Å². The molecule has 0 bridgehead atoms. The number of nitrogens with zero attached hydrogens (tertiary/aromatic N) is 2. The lowest BCUT2D eigenvalue weighted by Gasteiger charge is -2.13. The summed E-state index contributed by atoms with van der Waals surface area (Å²) in [4.78, 5) is 29.7. The highest BCUT2D eigenvalue weighted by atomic mass is 35.5. The normalized spacial score (nSPS) is 10.9. The monoisotopic (exact) mass is 417 g/mol. The fraction of sp³-hybridized carbons (Fsp3) is 0.125. The summed E-state index contributed by atoms with van der Waals surface area (Å²) < 4.78 is 1.37. The number of rotatable bonds is 5. The summed E-state index contributed by atoms with van der Waals surface area (Å²) in [6.45, 7) is 1.93. The second-order valence-corrected chi connectivity index (χ2v) is 7.39. The van der Waals surface area contributed by atoms with Crippen LogP contribution in [-0.2, 0) is 17.8 Å². The van der Waals surface area contributed by atoms with Crippen molar-refractivity contribution in [1.29, 1.82) is 0 Å². The highest BCUT2D eigenvalue weighted by Gasteiger charge is 2.15. The Hall–Kier alpha value is -3.44. The molecule has 1 aromatic heterocycles. The van der Waals surface area contributed by atoms with Crippen LogP contribution in [0.5, 0.6) is 0 Å². The molecule has 4 rings (SSSR count). The van der Waals surface area contributed by atoms with Crippen LogP contribution in [0.3, 0.4) is 0 Å². The van der Waals surface area contributed by atoms with Gasteiger partial charge < -0.3 is 5.32 Å². The Balaban J connectivity index is 1.71. The fourth-order valence-electron chi connectivity index (χ4n) is 3.39. The SMILES string of the molecule is CCc1ccc(NC(=O)Cn2c(=O)nc(-c3ccccc3)c3cc(Cl)ccc32)cc1. The van der Waals surface area contributed by atoms with Crippen LogP contribution in [-0.4, -0.2) is 15.5 Å². The molecule has 0 radical (unpaired) electrons. The lowest BCUT2D eigenvalue weighted by Crippen LogP contribution is -2.30. The molecule has 0 saturated heterocycles. The smallest absolute Gasteiger partial charge is 0.325 e. The van der Waals surface area contributed by atoms with Gasteiger partial charge in [-0.15, -0.1) is 0 Å². The summed E-state index contributed by atoms with van der Waals surface area (Å²) in [7, 11) is 0. The van der Waals surface area contributed by atoms with E-state index < -0.39 is 5.69 Å². The second-order valence-electron chi connectivity index (χ2n) is 6.96. The molecule has 1 amide bonds. The highest BCUT2D eigenvalue weighted by molar-refractivity contribution is 6.31. The van der Waals surface area contributed by atoms with Gasteiger partial charge in [0, 0.05) is 21.7 Å². The Morgan fingerprint density at radius 2 is 1.77 bits per heavy atom. The van der Waals surface area contributed by atoms with E-state index in [0.29, 0.717) is 27.3 Å². The number of aryl methyl sites for hydroxylation is 1. The van der Waals surface area contributed by atoms with E-state index in [9.17, 15) is 9.59 Å². The van der Waals surface area contributed by atoms with Crippen molar-refractivity contribution in [2.24, 2.45) is 0 Å². The zero-order chi connectivity index (χ0) is 21.1. The number of amides is 1. The van der Waals surface area contributed by atoms with Gasteiger partial charge in [-0.1, -0.05) is 61.0 Å². The second kappa shape index (κ2) is 8.51. The number of nitrogens with one attached hydrogen (secondary N) is 1. The van der Waals surface area contributed by atoms with Gasteiger partial charge in [-0.3, -0.25) is 9.36 Å². The van der Waals surface area contributed by atoms with Gasteiger partial charge in [-0.25, -0.2) is 4.79 Å². The number of carbonyl (C=O) groups excluding carboxylic acids is 1. The molecular weight excluding hydrogens is 398 g/mol. The summed E-state index contributed by atoms with van der Waals surface area (Å²) in [6.07, 6.45) is 0.928. The van der Waals surface area contributed by atoms with E-state index in [2.05, 4.69) is 17.2 Å². The first kappa shape index (κ1) is 19.9. The lowest BCUT2D eigenvalue weighted by atomic mass is 10.1. The van der Waals surface area contributed by atoms with E-state index >= 15 is 0 Å². The molecule has 30 heavy (non-hydrogen) atoms. The first-order chi connectivity index (χ1) is 14.5. The molecule has 0 unspecified atom stereocenters. The molecule has 6 heteroatoms. The molecule has 0 aliphatic carbocycles. The standard InChI is InChI=1S/C24H20ClN3O2/c1-2-16-8-11-19(12-9-16)26-22(29)15-28-21-13-10-18(25)14-20(21)23(27-24(28)30)17-6-4-3-5-7-17/h3-14H,2,15H2,1H3,(H,26,29). The van der Waals surface area contributed by atoms with Gasteiger partial charge in [0.1, 0.15) is 6.54 Å². The maximum atomic E-state index is 12.8. The van der Waals surface area contributed by atoms with E-state index in [4.69, 9.17) is 11.6 Å². The van der Waals surface area contributed by atoms with Gasteiger partial charge >= 0.3 is 5.69 Å². The number of aromatic nitrogens is 2. The molecule has 3 aromatic carbocycles. The number of carbonyl (C=O) groups is 1.